The Bertz CT molecular complexity index is 749. The summed E-state index contributed by atoms with van der Waals surface area (Å²) >= 11 is 0. The number of amides is 1. The van der Waals surface area contributed by atoms with E-state index in [1.807, 2.05) is 12.3 Å². The molecule has 2 aliphatic rings. The smallest absolute Gasteiger partial charge is 0.253 e. The van der Waals surface area contributed by atoms with Crippen LogP contribution in [0.1, 0.15) is 52.0 Å². The van der Waals surface area contributed by atoms with E-state index in [1.54, 1.807) is 0 Å². The molecule has 2 aromatic rings. The number of aryl methyl sites for hydroxylation is 3. The van der Waals surface area contributed by atoms with Gasteiger partial charge in [-0.25, -0.2) is 0 Å². The number of hydrogen-bond acceptors (Lipinski definition) is 2. The molecule has 0 saturated carbocycles. The minimum atomic E-state index is 0.204. The summed E-state index contributed by atoms with van der Waals surface area (Å²) in [5.74, 6) is 0.729. The van der Waals surface area contributed by atoms with E-state index in [2.05, 4.69) is 34.2 Å². The van der Waals surface area contributed by atoms with E-state index in [4.69, 9.17) is 0 Å². The van der Waals surface area contributed by atoms with Gasteiger partial charge in [0.15, 0.2) is 0 Å². The molecular weight excluding hydrogens is 298 g/mol. The molecule has 0 radical (unpaired) electrons. The molecule has 126 valence electrons. The number of rotatable bonds is 3. The minimum Gasteiger partial charge on any atom is -0.338 e. The molecule has 1 aromatic heterocycles. The highest BCUT2D eigenvalue weighted by Crippen LogP contribution is 2.26. The molecule has 4 rings (SSSR count). The second-order valence-electron chi connectivity index (χ2n) is 7.33. The standard InChI is InChI=1S/C20H25N3O/c1-14-12-21-22-19(14)10-15-4-3-9-23(13-15)20(24)18-8-7-16-5-2-6-17(16)11-18/h7-8,11-12,15H,2-6,9-10,13H2,1H3,(H,21,22)/t15-/m0/s1. The summed E-state index contributed by atoms with van der Waals surface area (Å²) in [5, 5.41) is 7.22. The number of carbonyl (C=O) groups excluding carboxylic acids is 1. The van der Waals surface area contributed by atoms with Gasteiger partial charge in [-0.15, -0.1) is 0 Å². The van der Waals surface area contributed by atoms with Gasteiger partial charge < -0.3 is 4.90 Å². The van der Waals surface area contributed by atoms with E-state index in [1.165, 1.54) is 41.6 Å². The van der Waals surface area contributed by atoms with Crippen LogP contribution in [-0.2, 0) is 19.3 Å². The highest BCUT2D eigenvalue weighted by Gasteiger charge is 2.26. The van der Waals surface area contributed by atoms with Crippen molar-refractivity contribution < 1.29 is 4.79 Å². The molecular formula is C20H25N3O. The van der Waals surface area contributed by atoms with Gasteiger partial charge in [0, 0.05) is 24.3 Å². The Hall–Kier alpha value is -2.10. The van der Waals surface area contributed by atoms with Gasteiger partial charge in [0.25, 0.3) is 5.91 Å². The Morgan fingerprint density at radius 2 is 2.17 bits per heavy atom. The molecule has 1 saturated heterocycles. The van der Waals surface area contributed by atoms with Gasteiger partial charge in [0.05, 0.1) is 6.20 Å². The Balaban J connectivity index is 1.45. The molecule has 1 N–H and O–H groups in total. The van der Waals surface area contributed by atoms with Crippen LogP contribution in [0, 0.1) is 12.8 Å². The number of fused-ring (bicyclic) bond motifs is 1. The molecule has 0 spiro atoms. The summed E-state index contributed by atoms with van der Waals surface area (Å²) in [7, 11) is 0. The van der Waals surface area contributed by atoms with Crippen molar-refractivity contribution in [1.82, 2.24) is 15.1 Å². The number of nitrogens with one attached hydrogen (secondary N) is 1. The second-order valence-corrected chi connectivity index (χ2v) is 7.33. The van der Waals surface area contributed by atoms with Crippen LogP contribution in [-0.4, -0.2) is 34.1 Å². The topological polar surface area (TPSA) is 49.0 Å². The van der Waals surface area contributed by atoms with E-state index in [0.29, 0.717) is 5.92 Å². The quantitative estimate of drug-likeness (QED) is 0.942. The number of hydrogen-bond donors (Lipinski definition) is 1. The third kappa shape index (κ3) is 2.97. The van der Waals surface area contributed by atoms with Gasteiger partial charge in [-0.05, 0) is 80.2 Å². The highest BCUT2D eigenvalue weighted by molar-refractivity contribution is 5.94. The summed E-state index contributed by atoms with van der Waals surface area (Å²) in [6, 6.07) is 6.31. The highest BCUT2D eigenvalue weighted by atomic mass is 16.2. The molecule has 4 nitrogen and oxygen atoms in total. The number of H-pyrrole nitrogens is 1. The van der Waals surface area contributed by atoms with Crippen molar-refractivity contribution in [3.8, 4) is 0 Å². The Morgan fingerprint density at radius 1 is 1.29 bits per heavy atom. The fourth-order valence-corrected chi connectivity index (χ4v) is 4.17. The van der Waals surface area contributed by atoms with Crippen molar-refractivity contribution >= 4 is 5.91 Å². The predicted octanol–water partition coefficient (Wildman–Crippen LogP) is 3.30. The number of likely N-dealkylation sites (tertiary alicyclic amines) is 1. The van der Waals surface area contributed by atoms with Crippen molar-refractivity contribution in [3.05, 3.63) is 52.3 Å². The summed E-state index contributed by atoms with van der Waals surface area (Å²) < 4.78 is 0. The largest absolute Gasteiger partial charge is 0.338 e. The lowest BCUT2D eigenvalue weighted by Crippen LogP contribution is -2.40. The normalized spacial score (nSPS) is 20.2. The second kappa shape index (κ2) is 6.42. The molecule has 4 heteroatoms. The van der Waals surface area contributed by atoms with Crippen LogP contribution in [0.5, 0.6) is 0 Å². The van der Waals surface area contributed by atoms with E-state index in [0.717, 1.165) is 37.9 Å². The van der Waals surface area contributed by atoms with Crippen molar-refractivity contribution in [3.63, 3.8) is 0 Å². The molecule has 1 amide bonds. The average Bonchev–Trinajstić information content (AvgIpc) is 3.23. The maximum atomic E-state index is 12.9. The molecule has 24 heavy (non-hydrogen) atoms. The maximum Gasteiger partial charge on any atom is 0.253 e. The zero-order valence-electron chi connectivity index (χ0n) is 14.3. The monoisotopic (exact) mass is 323 g/mol. The van der Waals surface area contributed by atoms with Gasteiger partial charge in [-0.3, -0.25) is 9.89 Å². The summed E-state index contributed by atoms with van der Waals surface area (Å²) in [6.45, 7) is 3.83. The van der Waals surface area contributed by atoms with Gasteiger partial charge in [0.1, 0.15) is 0 Å². The summed E-state index contributed by atoms with van der Waals surface area (Å²) in [5.41, 5.74) is 6.11. The van der Waals surface area contributed by atoms with Crippen molar-refractivity contribution in [2.24, 2.45) is 5.92 Å². The van der Waals surface area contributed by atoms with Crippen LogP contribution < -0.4 is 0 Å². The minimum absolute atomic E-state index is 0.204. The third-order valence-electron chi connectivity index (χ3n) is 5.58. The molecule has 2 heterocycles. The first-order chi connectivity index (χ1) is 11.7. The first-order valence-electron chi connectivity index (χ1n) is 9.10. The Kier molecular flexibility index (Phi) is 4.13. The van der Waals surface area contributed by atoms with Gasteiger partial charge in [-0.1, -0.05) is 6.07 Å². The molecule has 1 fully saturated rings. The van der Waals surface area contributed by atoms with E-state index in [9.17, 15) is 4.79 Å². The molecule has 1 aliphatic carbocycles. The van der Waals surface area contributed by atoms with Gasteiger partial charge in [0.2, 0.25) is 0 Å². The summed E-state index contributed by atoms with van der Waals surface area (Å²) in [4.78, 5) is 15.0. The van der Waals surface area contributed by atoms with Crippen LogP contribution in [0.25, 0.3) is 0 Å². The molecule has 0 bridgehead atoms. The van der Waals surface area contributed by atoms with E-state index < -0.39 is 0 Å². The van der Waals surface area contributed by atoms with Crippen LogP contribution in [0.15, 0.2) is 24.4 Å². The lowest BCUT2D eigenvalue weighted by Gasteiger charge is -2.33. The number of nitrogens with zero attached hydrogens (tertiary/aromatic N) is 2. The number of carbonyl (C=O) groups is 1. The van der Waals surface area contributed by atoms with E-state index in [-0.39, 0.29) is 5.91 Å². The Labute approximate surface area is 143 Å². The number of benzene rings is 1. The molecule has 1 atom stereocenters. The lowest BCUT2D eigenvalue weighted by atomic mass is 9.92. The molecule has 0 unspecified atom stereocenters. The number of piperidine rings is 1. The number of aromatic nitrogens is 2. The van der Waals surface area contributed by atoms with Crippen LogP contribution in [0.2, 0.25) is 0 Å². The SMILES string of the molecule is Cc1cn[nH]c1C[C@@H]1CCCN(C(=O)c2ccc3c(c2)CCC3)C1. The van der Waals surface area contributed by atoms with Gasteiger partial charge in [-0.2, -0.15) is 5.10 Å². The molecule has 1 aromatic carbocycles. The Morgan fingerprint density at radius 3 is 3.00 bits per heavy atom. The van der Waals surface area contributed by atoms with Gasteiger partial charge >= 0.3 is 0 Å². The summed E-state index contributed by atoms with van der Waals surface area (Å²) in [6.07, 6.45) is 8.66. The van der Waals surface area contributed by atoms with Crippen LogP contribution in [0.3, 0.4) is 0 Å². The average molecular weight is 323 g/mol. The molecule has 1 aliphatic heterocycles. The first-order valence-corrected chi connectivity index (χ1v) is 9.10. The van der Waals surface area contributed by atoms with Crippen LogP contribution in [0.4, 0.5) is 0 Å². The fraction of sp³-hybridized carbons (Fsp3) is 0.500. The fourth-order valence-electron chi connectivity index (χ4n) is 4.17. The number of aromatic amines is 1. The van der Waals surface area contributed by atoms with Crippen molar-refractivity contribution in [1.29, 1.82) is 0 Å². The predicted molar refractivity (Wildman–Crippen MR) is 94.1 cm³/mol. The lowest BCUT2D eigenvalue weighted by molar-refractivity contribution is 0.0672. The first kappa shape index (κ1) is 15.4. The van der Waals surface area contributed by atoms with E-state index >= 15 is 0 Å². The van der Waals surface area contributed by atoms with Crippen molar-refractivity contribution in [2.45, 2.75) is 45.4 Å². The van der Waals surface area contributed by atoms with Crippen LogP contribution >= 0.6 is 0 Å². The zero-order chi connectivity index (χ0) is 16.5. The third-order valence-corrected chi connectivity index (χ3v) is 5.58. The maximum absolute atomic E-state index is 12.9. The van der Waals surface area contributed by atoms with Crippen molar-refractivity contribution in [2.75, 3.05) is 13.1 Å². The zero-order valence-corrected chi connectivity index (χ0v) is 14.3.